The third-order valence-electron chi connectivity index (χ3n) is 2.78. The van der Waals surface area contributed by atoms with E-state index in [2.05, 4.69) is 9.59 Å². The molecule has 1 amide bonds. The number of rotatable bonds is 4. The third kappa shape index (κ3) is 2.41. The first-order valence-electron chi connectivity index (χ1n) is 5.95. The molecule has 2 rings (SSSR count). The minimum Gasteiger partial charge on any atom is -0.338 e. The number of hydrogen-bond donors (Lipinski definition) is 0. The lowest BCUT2D eigenvalue weighted by Gasteiger charge is -2.17. The highest BCUT2D eigenvalue weighted by Crippen LogP contribution is 2.26. The van der Waals surface area contributed by atoms with Crippen LogP contribution < -0.4 is 0 Å². The second kappa shape index (κ2) is 5.73. The van der Waals surface area contributed by atoms with Gasteiger partial charge >= 0.3 is 0 Å². The Labute approximate surface area is 110 Å². The first kappa shape index (κ1) is 12.7. The van der Waals surface area contributed by atoms with Gasteiger partial charge in [-0.2, -0.15) is 0 Å². The molecule has 1 heterocycles. The molecule has 0 N–H and O–H groups in total. The van der Waals surface area contributed by atoms with Crippen molar-refractivity contribution in [3.63, 3.8) is 0 Å². The predicted octanol–water partition coefficient (Wildman–Crippen LogP) is 2.69. The molecule has 0 saturated heterocycles. The van der Waals surface area contributed by atoms with E-state index in [0.717, 1.165) is 10.4 Å². The van der Waals surface area contributed by atoms with E-state index < -0.39 is 0 Å². The summed E-state index contributed by atoms with van der Waals surface area (Å²) in [4.78, 5) is 14.9. The molecule has 0 aliphatic carbocycles. The van der Waals surface area contributed by atoms with Crippen molar-refractivity contribution in [2.24, 2.45) is 0 Å². The summed E-state index contributed by atoms with van der Waals surface area (Å²) < 4.78 is 3.91. The maximum absolute atomic E-state index is 12.3. The van der Waals surface area contributed by atoms with Gasteiger partial charge in [-0.15, -0.1) is 5.10 Å². The summed E-state index contributed by atoms with van der Waals surface area (Å²) in [7, 11) is 0. The Morgan fingerprint density at radius 1 is 1.22 bits per heavy atom. The van der Waals surface area contributed by atoms with E-state index in [4.69, 9.17) is 0 Å². The van der Waals surface area contributed by atoms with Gasteiger partial charge in [0.15, 0.2) is 5.69 Å². The van der Waals surface area contributed by atoms with Gasteiger partial charge < -0.3 is 4.90 Å². The molecule has 0 atom stereocenters. The van der Waals surface area contributed by atoms with E-state index in [1.165, 1.54) is 11.5 Å². The van der Waals surface area contributed by atoms with E-state index in [0.29, 0.717) is 18.8 Å². The van der Waals surface area contributed by atoms with Crippen LogP contribution in [-0.2, 0) is 0 Å². The zero-order valence-electron chi connectivity index (χ0n) is 10.5. The first-order valence-corrected chi connectivity index (χ1v) is 6.72. The fraction of sp³-hybridized carbons (Fsp3) is 0.308. The zero-order valence-corrected chi connectivity index (χ0v) is 11.3. The summed E-state index contributed by atoms with van der Waals surface area (Å²) in [5, 5.41) is 3.99. The van der Waals surface area contributed by atoms with Gasteiger partial charge in [-0.1, -0.05) is 34.8 Å². The zero-order chi connectivity index (χ0) is 13.0. The molecule has 4 nitrogen and oxygen atoms in total. The fourth-order valence-electron chi connectivity index (χ4n) is 1.77. The van der Waals surface area contributed by atoms with Gasteiger partial charge in [0.05, 0.1) is 4.88 Å². The molecule has 0 bridgehead atoms. The van der Waals surface area contributed by atoms with E-state index in [1.807, 2.05) is 44.2 Å². The number of nitrogens with zero attached hydrogens (tertiary/aromatic N) is 3. The maximum Gasteiger partial charge on any atom is 0.275 e. The molecule has 94 valence electrons. The smallest absolute Gasteiger partial charge is 0.275 e. The third-order valence-corrected chi connectivity index (χ3v) is 3.55. The second-order valence-corrected chi connectivity index (χ2v) is 4.55. The largest absolute Gasteiger partial charge is 0.338 e. The molecule has 0 aliphatic heterocycles. The van der Waals surface area contributed by atoms with Crippen LogP contribution in [0.15, 0.2) is 30.3 Å². The molecule has 5 heteroatoms. The van der Waals surface area contributed by atoms with Gasteiger partial charge in [0.2, 0.25) is 0 Å². The molecule has 18 heavy (non-hydrogen) atoms. The van der Waals surface area contributed by atoms with Crippen molar-refractivity contribution < 1.29 is 4.79 Å². The number of benzene rings is 1. The average Bonchev–Trinajstić information content (AvgIpc) is 2.90. The van der Waals surface area contributed by atoms with Gasteiger partial charge in [0.1, 0.15) is 0 Å². The molecule has 0 unspecified atom stereocenters. The average molecular weight is 261 g/mol. The Balaban J connectivity index is 2.37. The molecule has 0 aliphatic rings. The lowest BCUT2D eigenvalue weighted by Crippen LogP contribution is -2.31. The topological polar surface area (TPSA) is 46.1 Å². The Kier molecular flexibility index (Phi) is 4.04. The summed E-state index contributed by atoms with van der Waals surface area (Å²) in [6.45, 7) is 5.29. The summed E-state index contributed by atoms with van der Waals surface area (Å²) in [5.74, 6) is -0.0485. The quantitative estimate of drug-likeness (QED) is 0.850. The summed E-state index contributed by atoms with van der Waals surface area (Å²) >= 11 is 1.26. The number of carbonyl (C=O) groups excluding carboxylic acids is 1. The summed E-state index contributed by atoms with van der Waals surface area (Å²) in [6.07, 6.45) is 0. The Bertz CT molecular complexity index is 520. The second-order valence-electron chi connectivity index (χ2n) is 3.79. The predicted molar refractivity (Wildman–Crippen MR) is 72.6 cm³/mol. The number of aromatic nitrogens is 2. The molecule has 1 aromatic heterocycles. The van der Waals surface area contributed by atoms with Crippen LogP contribution in [0.1, 0.15) is 24.3 Å². The van der Waals surface area contributed by atoms with E-state index >= 15 is 0 Å². The van der Waals surface area contributed by atoms with Crippen LogP contribution in [0.3, 0.4) is 0 Å². The van der Waals surface area contributed by atoms with Crippen molar-refractivity contribution in [1.29, 1.82) is 0 Å². The maximum atomic E-state index is 12.3. The van der Waals surface area contributed by atoms with Gasteiger partial charge in [-0.05, 0) is 30.9 Å². The summed E-state index contributed by atoms with van der Waals surface area (Å²) in [5.41, 5.74) is 1.44. The number of carbonyl (C=O) groups is 1. The summed E-state index contributed by atoms with van der Waals surface area (Å²) in [6, 6.07) is 9.77. The monoisotopic (exact) mass is 261 g/mol. The molecule has 0 fully saturated rings. The van der Waals surface area contributed by atoms with Gasteiger partial charge in [-0.3, -0.25) is 4.79 Å². The van der Waals surface area contributed by atoms with Crippen LogP contribution in [0.5, 0.6) is 0 Å². The minimum atomic E-state index is -0.0485. The molecular weight excluding hydrogens is 246 g/mol. The highest BCUT2D eigenvalue weighted by Gasteiger charge is 2.21. The van der Waals surface area contributed by atoms with Crippen LogP contribution in [0.2, 0.25) is 0 Å². The molecule has 2 aromatic rings. The SMILES string of the molecule is CCN(CC)C(=O)c1nnsc1-c1ccccc1. The van der Waals surface area contributed by atoms with Crippen molar-refractivity contribution in [1.82, 2.24) is 14.5 Å². The fourth-order valence-corrected chi connectivity index (χ4v) is 2.43. The minimum absolute atomic E-state index is 0.0485. The highest BCUT2D eigenvalue weighted by atomic mass is 32.1. The molecule has 1 aromatic carbocycles. The standard InChI is InChI=1S/C13H15N3OS/c1-3-16(4-2)13(17)11-12(18-15-14-11)10-8-6-5-7-9-10/h5-9H,3-4H2,1-2H3. The van der Waals surface area contributed by atoms with Crippen LogP contribution in [0, 0.1) is 0 Å². The number of amides is 1. The Morgan fingerprint density at radius 3 is 2.50 bits per heavy atom. The van der Waals surface area contributed by atoms with Crippen molar-refractivity contribution in [2.45, 2.75) is 13.8 Å². The van der Waals surface area contributed by atoms with Crippen molar-refractivity contribution in [3.05, 3.63) is 36.0 Å². The van der Waals surface area contributed by atoms with E-state index in [-0.39, 0.29) is 5.91 Å². The first-order chi connectivity index (χ1) is 8.77. The lowest BCUT2D eigenvalue weighted by atomic mass is 10.1. The molecule has 0 saturated carbocycles. The van der Waals surface area contributed by atoms with Gasteiger partial charge in [0.25, 0.3) is 5.91 Å². The van der Waals surface area contributed by atoms with Crippen LogP contribution >= 0.6 is 11.5 Å². The molecule has 0 radical (unpaired) electrons. The Morgan fingerprint density at radius 2 is 1.89 bits per heavy atom. The van der Waals surface area contributed by atoms with Crippen LogP contribution in [0.4, 0.5) is 0 Å². The molecular formula is C13H15N3OS. The molecule has 0 spiro atoms. The highest BCUT2D eigenvalue weighted by molar-refractivity contribution is 7.09. The van der Waals surface area contributed by atoms with Gasteiger partial charge in [-0.25, -0.2) is 0 Å². The van der Waals surface area contributed by atoms with E-state index in [1.54, 1.807) is 4.90 Å². The van der Waals surface area contributed by atoms with Crippen LogP contribution in [-0.4, -0.2) is 33.5 Å². The number of hydrogen-bond acceptors (Lipinski definition) is 4. The van der Waals surface area contributed by atoms with Crippen molar-refractivity contribution in [2.75, 3.05) is 13.1 Å². The normalized spacial score (nSPS) is 10.3. The van der Waals surface area contributed by atoms with Crippen LogP contribution in [0.25, 0.3) is 10.4 Å². The van der Waals surface area contributed by atoms with Gasteiger partial charge in [0, 0.05) is 13.1 Å². The Hall–Kier alpha value is -1.75. The van der Waals surface area contributed by atoms with E-state index in [9.17, 15) is 4.79 Å². The van der Waals surface area contributed by atoms with Crippen molar-refractivity contribution in [3.8, 4) is 10.4 Å². The van der Waals surface area contributed by atoms with Crippen molar-refractivity contribution >= 4 is 17.4 Å². The lowest BCUT2D eigenvalue weighted by molar-refractivity contribution is 0.0768.